The van der Waals surface area contributed by atoms with Gasteiger partial charge in [-0.05, 0) is 62.2 Å². The summed E-state index contributed by atoms with van der Waals surface area (Å²) in [6.07, 6.45) is -1.85. The number of β-amino-alcohol motifs (C(OH)–C–C–N with tert-alkyl or cyclic N) is 1. The van der Waals surface area contributed by atoms with Gasteiger partial charge in [0, 0.05) is 61.5 Å². The van der Waals surface area contributed by atoms with Gasteiger partial charge in [0.05, 0.1) is 35.6 Å². The number of nitrogens with zero attached hydrogens (tertiary/aromatic N) is 4. The molecule has 2 fully saturated rings. The third-order valence-corrected chi connectivity index (χ3v) is 11.0. The summed E-state index contributed by atoms with van der Waals surface area (Å²) in [7, 11) is -3.58. The van der Waals surface area contributed by atoms with Crippen LogP contribution < -0.4 is 10.6 Å². The molecule has 15 heteroatoms. The van der Waals surface area contributed by atoms with E-state index in [0.29, 0.717) is 60.7 Å². The first-order valence-corrected chi connectivity index (χ1v) is 17.8. The van der Waals surface area contributed by atoms with Gasteiger partial charge in [-0.25, -0.2) is 8.42 Å². The molecule has 2 aromatic carbocycles. The molecule has 3 N–H and O–H groups in total. The van der Waals surface area contributed by atoms with Gasteiger partial charge in [0.25, 0.3) is 5.91 Å². The summed E-state index contributed by atoms with van der Waals surface area (Å²) >= 11 is 0. The predicted octanol–water partition coefficient (Wildman–Crippen LogP) is 2.78. The standard InChI is InChI=1S/C33H39F3N6O5S/c1-48(46,47)41-14-9-28-26(21-41)29(39-42(28)20-25(43)19-40-15-11-32(12-16-40)10-13-37-31(32)45)23-7-8-27(33(34,35)36)24(17-23)18-38-30(44)22-5-3-2-4-6-22/h2-8,17,25,43H,9-16,18-21H2,1H3,(H,37,45)(H,38,44). The van der Waals surface area contributed by atoms with E-state index < -0.39 is 40.3 Å². The van der Waals surface area contributed by atoms with E-state index in [0.717, 1.165) is 31.6 Å². The Kier molecular flexibility index (Phi) is 9.41. The van der Waals surface area contributed by atoms with Crippen LogP contribution in [0, 0.1) is 5.41 Å². The van der Waals surface area contributed by atoms with Gasteiger partial charge in [-0.3, -0.25) is 14.3 Å². The summed E-state index contributed by atoms with van der Waals surface area (Å²) < 4.78 is 70.2. The van der Waals surface area contributed by atoms with Crippen LogP contribution in [0.4, 0.5) is 13.2 Å². The van der Waals surface area contributed by atoms with E-state index in [1.807, 2.05) is 0 Å². The number of hydrogen-bond acceptors (Lipinski definition) is 7. The van der Waals surface area contributed by atoms with Crippen molar-refractivity contribution in [2.45, 2.75) is 57.6 Å². The average Bonchev–Trinajstić information content (AvgIpc) is 3.59. The van der Waals surface area contributed by atoms with E-state index >= 15 is 0 Å². The summed E-state index contributed by atoms with van der Waals surface area (Å²) in [6, 6.07) is 11.8. The van der Waals surface area contributed by atoms with E-state index in [2.05, 4.69) is 15.5 Å². The Morgan fingerprint density at radius 3 is 2.46 bits per heavy atom. The molecular formula is C33H39F3N6O5S. The average molecular weight is 689 g/mol. The van der Waals surface area contributed by atoms with E-state index in [4.69, 9.17) is 5.10 Å². The Morgan fingerprint density at radius 2 is 1.81 bits per heavy atom. The molecule has 11 nitrogen and oxygen atoms in total. The van der Waals surface area contributed by atoms with Crippen LogP contribution in [-0.2, 0) is 47.0 Å². The first kappa shape index (κ1) is 34.1. The number of nitrogens with one attached hydrogen (secondary N) is 2. The minimum Gasteiger partial charge on any atom is -0.390 e. The number of halogens is 3. The summed E-state index contributed by atoms with van der Waals surface area (Å²) in [5, 5.41) is 21.4. The fraction of sp³-hybridized carbons (Fsp3) is 0.485. The zero-order valence-electron chi connectivity index (χ0n) is 26.6. The lowest BCUT2D eigenvalue weighted by Gasteiger charge is -2.38. The van der Waals surface area contributed by atoms with E-state index in [9.17, 15) is 36.3 Å². The minimum atomic E-state index is -4.68. The van der Waals surface area contributed by atoms with Gasteiger partial charge >= 0.3 is 6.18 Å². The van der Waals surface area contributed by atoms with Gasteiger partial charge < -0.3 is 20.6 Å². The second kappa shape index (κ2) is 13.3. The number of sulfonamides is 1. The molecule has 3 aromatic rings. The number of carbonyl (C=O) groups excluding carboxylic acids is 2. The molecule has 0 bridgehead atoms. The maximum absolute atomic E-state index is 14.1. The topological polar surface area (TPSA) is 137 Å². The van der Waals surface area contributed by atoms with Crippen molar-refractivity contribution in [1.29, 1.82) is 0 Å². The fourth-order valence-electron chi connectivity index (χ4n) is 7.08. The van der Waals surface area contributed by atoms with Crippen molar-refractivity contribution < 1.29 is 36.3 Å². The Hall–Kier alpha value is -3.79. The van der Waals surface area contributed by atoms with Gasteiger partial charge in [-0.2, -0.15) is 22.6 Å². The van der Waals surface area contributed by atoms with Crippen LogP contribution in [0.2, 0.25) is 0 Å². The summed E-state index contributed by atoms with van der Waals surface area (Å²) in [5.41, 5.74) is 0.843. The van der Waals surface area contributed by atoms with Gasteiger partial charge in [-0.1, -0.05) is 24.3 Å². The van der Waals surface area contributed by atoms with Gasteiger partial charge in [-0.15, -0.1) is 0 Å². The first-order valence-electron chi connectivity index (χ1n) is 16.0. The van der Waals surface area contributed by atoms with Crippen LogP contribution in [0.3, 0.4) is 0 Å². The molecule has 1 unspecified atom stereocenters. The van der Waals surface area contributed by atoms with Crippen LogP contribution >= 0.6 is 0 Å². The van der Waals surface area contributed by atoms with E-state index in [1.165, 1.54) is 16.4 Å². The molecule has 0 aliphatic carbocycles. The molecule has 258 valence electrons. The number of carbonyl (C=O) groups is 2. The number of likely N-dealkylation sites (tertiary alicyclic amines) is 1. The number of aliphatic hydroxyl groups excluding tert-OH is 1. The SMILES string of the molecule is CS(=O)(=O)N1CCc2c(c(-c3ccc(C(F)(F)F)c(CNC(=O)c4ccccc4)c3)nn2CC(O)CN2CCC3(CCNC3=O)CC2)C1. The summed E-state index contributed by atoms with van der Waals surface area (Å²) in [5.74, 6) is -0.421. The highest BCUT2D eigenvalue weighted by atomic mass is 32.2. The molecular weight excluding hydrogens is 649 g/mol. The van der Waals surface area contributed by atoms with E-state index in [1.54, 1.807) is 35.0 Å². The number of piperidine rings is 1. The Morgan fingerprint density at radius 1 is 1.08 bits per heavy atom. The second-order valence-electron chi connectivity index (χ2n) is 13.0. The molecule has 1 aromatic heterocycles. The molecule has 1 atom stereocenters. The van der Waals surface area contributed by atoms with Gasteiger partial charge in [0.1, 0.15) is 0 Å². The van der Waals surface area contributed by atoms with Crippen molar-refractivity contribution in [3.8, 4) is 11.3 Å². The molecule has 4 heterocycles. The van der Waals surface area contributed by atoms with Gasteiger partial charge in [0.15, 0.2) is 0 Å². The number of aromatic nitrogens is 2. The van der Waals surface area contributed by atoms with Crippen LogP contribution in [0.5, 0.6) is 0 Å². The summed E-state index contributed by atoms with van der Waals surface area (Å²) in [4.78, 5) is 27.2. The monoisotopic (exact) mass is 688 g/mol. The first-order chi connectivity index (χ1) is 22.7. The minimum absolute atomic E-state index is 0.0169. The highest BCUT2D eigenvalue weighted by Gasteiger charge is 2.44. The lowest BCUT2D eigenvalue weighted by molar-refractivity contribution is -0.138. The molecule has 48 heavy (non-hydrogen) atoms. The number of benzene rings is 2. The number of amides is 2. The maximum Gasteiger partial charge on any atom is 0.416 e. The third kappa shape index (κ3) is 7.14. The smallest absolute Gasteiger partial charge is 0.390 e. The molecule has 3 aliphatic rings. The van der Waals surface area contributed by atoms with Crippen LogP contribution in [0.25, 0.3) is 11.3 Å². The summed E-state index contributed by atoms with van der Waals surface area (Å²) in [6.45, 7) is 2.27. The quantitative estimate of drug-likeness (QED) is 0.315. The largest absolute Gasteiger partial charge is 0.416 e. The zero-order valence-corrected chi connectivity index (χ0v) is 27.4. The molecule has 2 amide bonds. The van der Waals surface area contributed by atoms with Crippen molar-refractivity contribution in [3.63, 3.8) is 0 Å². The van der Waals surface area contributed by atoms with Crippen molar-refractivity contribution >= 4 is 21.8 Å². The lowest BCUT2D eigenvalue weighted by Crippen LogP contribution is -2.46. The molecule has 2 saturated heterocycles. The van der Waals surface area contributed by atoms with Crippen LogP contribution in [-0.4, -0.2) is 89.4 Å². The normalized spacial score (nSPS) is 19.2. The Bertz CT molecular complexity index is 1790. The van der Waals surface area contributed by atoms with Crippen molar-refractivity contribution in [1.82, 2.24) is 29.6 Å². The number of fused-ring (bicyclic) bond motifs is 1. The fourth-order valence-corrected chi connectivity index (χ4v) is 7.86. The highest BCUT2D eigenvalue weighted by molar-refractivity contribution is 7.88. The number of hydrogen-bond donors (Lipinski definition) is 3. The third-order valence-electron chi connectivity index (χ3n) is 9.76. The van der Waals surface area contributed by atoms with Crippen molar-refractivity contribution in [2.75, 3.05) is 39.0 Å². The molecule has 0 saturated carbocycles. The zero-order chi connectivity index (χ0) is 34.3. The predicted molar refractivity (Wildman–Crippen MR) is 171 cm³/mol. The molecule has 6 rings (SSSR count). The Balaban J connectivity index is 1.26. The number of alkyl halides is 3. The van der Waals surface area contributed by atoms with Crippen LogP contribution in [0.1, 0.15) is 52.0 Å². The van der Waals surface area contributed by atoms with Gasteiger partial charge in [0.2, 0.25) is 15.9 Å². The maximum atomic E-state index is 14.1. The van der Waals surface area contributed by atoms with Crippen LogP contribution in [0.15, 0.2) is 48.5 Å². The number of rotatable bonds is 9. The molecule has 3 aliphatic heterocycles. The lowest BCUT2D eigenvalue weighted by atomic mass is 9.77. The van der Waals surface area contributed by atoms with Crippen molar-refractivity contribution in [2.24, 2.45) is 5.41 Å². The Labute approximate surface area is 277 Å². The van der Waals surface area contributed by atoms with E-state index in [-0.39, 0.29) is 36.5 Å². The second-order valence-corrected chi connectivity index (χ2v) is 14.9. The highest BCUT2D eigenvalue weighted by Crippen LogP contribution is 2.39. The number of aliphatic hydroxyl groups is 1. The molecule has 0 radical (unpaired) electrons. The molecule has 1 spiro atoms. The van der Waals surface area contributed by atoms with Crippen molar-refractivity contribution in [3.05, 3.63) is 76.5 Å².